The smallest absolute Gasteiger partial charge is 0.302 e. The predicted octanol–water partition coefficient (Wildman–Crippen LogP) is 5.97. The summed E-state index contributed by atoms with van der Waals surface area (Å²) in [5, 5.41) is 0. The molecule has 1 rings (SSSR count). The Balaban J connectivity index is 0.000000759. The lowest BCUT2D eigenvalue weighted by molar-refractivity contribution is -0.870. The highest BCUT2D eigenvalue weighted by atomic mass is 16.5. The molecule has 0 aliphatic heterocycles. The number of quaternary nitrogens is 1. The Morgan fingerprint density at radius 3 is 2.19 bits per heavy atom. The minimum Gasteiger partial charge on any atom is -0.460 e. The van der Waals surface area contributed by atoms with Crippen molar-refractivity contribution in [1.29, 1.82) is 0 Å². The summed E-state index contributed by atoms with van der Waals surface area (Å²) in [5.41, 5.74) is 5.48. The van der Waals surface area contributed by atoms with Crippen LogP contribution in [-0.4, -0.2) is 51.0 Å². The number of hydrogen-bond donors (Lipinski definition) is 0. The zero-order valence-electron chi connectivity index (χ0n) is 21.2. The molecule has 0 spiro atoms. The molecule has 174 valence electrons. The summed E-state index contributed by atoms with van der Waals surface area (Å²) < 4.78 is 5.59. The minimum atomic E-state index is -0.201. The van der Waals surface area contributed by atoms with E-state index >= 15 is 0 Å². The summed E-state index contributed by atoms with van der Waals surface area (Å²) in [5.74, 6) is -0.201. The van der Waals surface area contributed by atoms with Crippen LogP contribution >= 0.6 is 0 Å². The van der Waals surface area contributed by atoms with Gasteiger partial charge in [0.15, 0.2) is 0 Å². The molecule has 31 heavy (non-hydrogen) atoms. The van der Waals surface area contributed by atoms with Gasteiger partial charge in [0.2, 0.25) is 0 Å². The van der Waals surface area contributed by atoms with E-state index in [2.05, 4.69) is 67.1 Å². The van der Waals surface area contributed by atoms with Gasteiger partial charge >= 0.3 is 5.97 Å². The molecule has 4 heteroatoms. The number of carbonyl (C=O) groups is 2. The third-order valence-corrected chi connectivity index (χ3v) is 5.17. The molecule has 0 atom stereocenters. The van der Waals surface area contributed by atoms with Crippen molar-refractivity contribution >= 4 is 12.3 Å². The van der Waals surface area contributed by atoms with E-state index in [0.717, 1.165) is 22.9 Å². The molecule has 0 heterocycles. The molecule has 0 saturated carbocycles. The maximum Gasteiger partial charge on any atom is 0.302 e. The van der Waals surface area contributed by atoms with E-state index in [1.165, 1.54) is 42.9 Å². The summed E-state index contributed by atoms with van der Waals surface area (Å²) in [6.07, 6.45) is 16.6. The van der Waals surface area contributed by atoms with Gasteiger partial charge in [0.05, 0.1) is 21.1 Å². The average Bonchev–Trinajstić information content (AvgIpc) is 2.60. The summed E-state index contributed by atoms with van der Waals surface area (Å²) in [7, 11) is 6.18. The van der Waals surface area contributed by atoms with Gasteiger partial charge in [0.1, 0.15) is 19.4 Å². The van der Waals surface area contributed by atoms with Crippen LogP contribution in [-0.2, 0) is 14.3 Å². The predicted molar refractivity (Wildman–Crippen MR) is 132 cm³/mol. The van der Waals surface area contributed by atoms with Crippen LogP contribution in [0.4, 0.5) is 0 Å². The number of aldehydes is 1. The van der Waals surface area contributed by atoms with E-state index in [-0.39, 0.29) is 11.4 Å². The molecule has 0 radical (unpaired) electrons. The standard InChI is InChI=1S/C20H28O.C7H16NO2/c1-16(8-6-9-17(2)13-15-21)11-12-19-18(3)10-7-14-20(19,4)5;1-7(9)10-6-5-8(2,3)4/h6,8-9,11-13,15H,7,10,14H2,1-5H3;5-6H2,1-4H3/q;+1/b9-6+,12-11+,16-8+,17-13+;. The fourth-order valence-corrected chi connectivity index (χ4v) is 3.26. The fourth-order valence-electron chi connectivity index (χ4n) is 3.26. The Kier molecular flexibility index (Phi) is 13.0. The van der Waals surface area contributed by atoms with Crippen LogP contribution in [0.2, 0.25) is 0 Å². The topological polar surface area (TPSA) is 43.4 Å². The van der Waals surface area contributed by atoms with Gasteiger partial charge in [0.25, 0.3) is 0 Å². The number of likely N-dealkylation sites (N-methyl/N-ethyl adjacent to an activating group) is 1. The fraction of sp³-hybridized carbons (Fsp3) is 0.556. The third-order valence-electron chi connectivity index (χ3n) is 5.17. The van der Waals surface area contributed by atoms with E-state index in [9.17, 15) is 9.59 Å². The Morgan fingerprint density at radius 2 is 1.68 bits per heavy atom. The molecule has 0 aromatic rings. The molecule has 0 amide bonds. The molecule has 0 saturated heterocycles. The van der Waals surface area contributed by atoms with Crippen LogP contribution in [0.1, 0.15) is 60.8 Å². The first-order chi connectivity index (χ1) is 14.3. The lowest BCUT2D eigenvalue weighted by Gasteiger charge is -2.32. The maximum atomic E-state index is 10.3. The second-order valence-corrected chi connectivity index (χ2v) is 9.94. The quantitative estimate of drug-likeness (QED) is 0.157. The molecule has 0 bridgehead atoms. The minimum absolute atomic E-state index is 0.201. The van der Waals surface area contributed by atoms with Crippen molar-refractivity contribution in [3.05, 3.63) is 58.7 Å². The van der Waals surface area contributed by atoms with Gasteiger partial charge in [0, 0.05) is 6.92 Å². The number of ether oxygens (including phenoxy) is 1. The number of hydrogen-bond acceptors (Lipinski definition) is 3. The molecule has 1 aliphatic carbocycles. The van der Waals surface area contributed by atoms with E-state index < -0.39 is 0 Å². The largest absolute Gasteiger partial charge is 0.460 e. The zero-order chi connectivity index (χ0) is 24.1. The van der Waals surface area contributed by atoms with Gasteiger partial charge in [-0.15, -0.1) is 0 Å². The van der Waals surface area contributed by atoms with E-state index in [1.54, 1.807) is 6.08 Å². The van der Waals surface area contributed by atoms with Gasteiger partial charge in [-0.1, -0.05) is 55.4 Å². The summed E-state index contributed by atoms with van der Waals surface area (Å²) >= 11 is 0. The van der Waals surface area contributed by atoms with E-state index in [1.807, 2.05) is 19.1 Å². The van der Waals surface area contributed by atoms with Gasteiger partial charge in [-0.3, -0.25) is 9.59 Å². The van der Waals surface area contributed by atoms with Crippen LogP contribution < -0.4 is 0 Å². The lowest BCUT2D eigenvalue weighted by atomic mass is 9.72. The Bertz CT molecular complexity index is 741. The number of nitrogens with zero attached hydrogens (tertiary/aromatic N) is 1. The van der Waals surface area contributed by atoms with Crippen LogP contribution in [0.5, 0.6) is 0 Å². The molecular weight excluding hydrogens is 386 g/mol. The number of allylic oxidation sites excluding steroid dienone is 10. The van der Waals surface area contributed by atoms with Crippen molar-refractivity contribution < 1.29 is 18.8 Å². The molecule has 0 unspecified atom stereocenters. The van der Waals surface area contributed by atoms with Crippen LogP contribution in [0, 0.1) is 5.41 Å². The lowest BCUT2D eigenvalue weighted by Crippen LogP contribution is -2.37. The SMILES string of the molecule is CC(=O)OCC[N+](C)(C)C.CC1=C(/C=C/C(C)=C/C=C/C(C)=C/C=O)C(C)(C)CCC1. The highest BCUT2D eigenvalue weighted by Gasteiger charge is 2.26. The summed E-state index contributed by atoms with van der Waals surface area (Å²) in [6.45, 7) is 13.7. The first-order valence-corrected chi connectivity index (χ1v) is 11.1. The third kappa shape index (κ3) is 14.4. The normalized spacial score (nSPS) is 17.6. The number of esters is 1. The van der Waals surface area contributed by atoms with Gasteiger partial charge in [-0.2, -0.15) is 0 Å². The van der Waals surface area contributed by atoms with Crippen LogP contribution in [0.25, 0.3) is 0 Å². The molecular formula is C27H44NO3+. The van der Waals surface area contributed by atoms with Crippen molar-refractivity contribution in [2.75, 3.05) is 34.3 Å². The first-order valence-electron chi connectivity index (χ1n) is 11.1. The average molecular weight is 431 g/mol. The highest BCUT2D eigenvalue weighted by Crippen LogP contribution is 2.40. The van der Waals surface area contributed by atoms with E-state index in [0.29, 0.717) is 6.61 Å². The van der Waals surface area contributed by atoms with Crippen molar-refractivity contribution in [3.8, 4) is 0 Å². The molecule has 0 aromatic heterocycles. The van der Waals surface area contributed by atoms with Gasteiger partial charge in [-0.25, -0.2) is 0 Å². The monoisotopic (exact) mass is 430 g/mol. The Morgan fingerprint density at radius 1 is 1.06 bits per heavy atom. The summed E-state index contributed by atoms with van der Waals surface area (Å²) in [6, 6.07) is 0. The van der Waals surface area contributed by atoms with Crippen molar-refractivity contribution in [1.82, 2.24) is 0 Å². The summed E-state index contributed by atoms with van der Waals surface area (Å²) in [4.78, 5) is 20.6. The Hall–Kier alpha value is -2.20. The van der Waals surface area contributed by atoms with Crippen LogP contribution in [0.3, 0.4) is 0 Å². The zero-order valence-corrected chi connectivity index (χ0v) is 21.2. The molecule has 0 aromatic carbocycles. The second kappa shape index (κ2) is 14.0. The maximum absolute atomic E-state index is 10.3. The van der Waals surface area contributed by atoms with Crippen molar-refractivity contribution in [3.63, 3.8) is 0 Å². The number of carbonyl (C=O) groups excluding carboxylic acids is 2. The number of rotatable bonds is 8. The Labute approximate surface area is 190 Å². The highest BCUT2D eigenvalue weighted by molar-refractivity contribution is 5.67. The molecule has 1 aliphatic rings. The van der Waals surface area contributed by atoms with Gasteiger partial charge < -0.3 is 9.22 Å². The van der Waals surface area contributed by atoms with Crippen molar-refractivity contribution in [2.45, 2.75) is 60.8 Å². The first kappa shape index (κ1) is 28.8. The molecule has 0 N–H and O–H groups in total. The van der Waals surface area contributed by atoms with Crippen molar-refractivity contribution in [2.24, 2.45) is 5.41 Å². The van der Waals surface area contributed by atoms with E-state index in [4.69, 9.17) is 4.74 Å². The van der Waals surface area contributed by atoms with Crippen LogP contribution in [0.15, 0.2) is 58.7 Å². The van der Waals surface area contributed by atoms with Gasteiger partial charge in [-0.05, 0) is 62.7 Å². The second-order valence-electron chi connectivity index (χ2n) is 9.94. The molecule has 4 nitrogen and oxygen atoms in total. The molecule has 0 fully saturated rings.